The Morgan fingerprint density at radius 2 is 2.00 bits per heavy atom. The number of unbranched alkanes of at least 4 members (excludes halogenated alkanes) is 1. The number of rotatable bonds is 10. The lowest BCUT2D eigenvalue weighted by Crippen LogP contribution is -2.17. The molecular weight excluding hydrogens is 328 g/mol. The molecule has 0 amide bonds. The Hall–Kier alpha value is -1.80. The summed E-state index contributed by atoms with van der Waals surface area (Å²) in [6.07, 6.45) is 2.62. The minimum atomic E-state index is -3.55. The molecular formula is C16H24N4O3S. The molecule has 1 atom stereocenters. The second-order valence-electron chi connectivity index (χ2n) is 5.85. The number of ether oxygens (including phenoxy) is 1. The molecule has 7 nitrogen and oxygen atoms in total. The van der Waals surface area contributed by atoms with Crippen molar-refractivity contribution >= 4 is 9.84 Å². The molecule has 132 valence electrons. The second-order valence-corrected chi connectivity index (χ2v) is 7.85. The number of nitrogens with zero attached hydrogens (tertiary/aromatic N) is 4. The topological polar surface area (TPSA) is 87.0 Å². The largest absolute Gasteiger partial charge is 0.381 e. The molecule has 2 rings (SSSR count). The third-order valence-electron chi connectivity index (χ3n) is 3.64. The Morgan fingerprint density at radius 3 is 2.71 bits per heavy atom. The predicted molar refractivity (Wildman–Crippen MR) is 90.7 cm³/mol. The highest BCUT2D eigenvalue weighted by molar-refractivity contribution is 7.91. The number of para-hydroxylation sites is 1. The minimum Gasteiger partial charge on any atom is -0.381 e. The molecule has 0 aliphatic carbocycles. The molecule has 24 heavy (non-hydrogen) atoms. The summed E-state index contributed by atoms with van der Waals surface area (Å²) in [6, 6.07) is 8.99. The monoisotopic (exact) mass is 352 g/mol. The smallest absolute Gasteiger partial charge is 0.272 e. The lowest BCUT2D eigenvalue weighted by molar-refractivity contribution is 0.101. The van der Waals surface area contributed by atoms with Crippen molar-refractivity contribution in [1.82, 2.24) is 20.2 Å². The second kappa shape index (κ2) is 8.89. The molecule has 0 radical (unpaired) electrons. The van der Waals surface area contributed by atoms with Crippen LogP contribution in [0, 0.1) is 5.92 Å². The molecule has 0 bridgehead atoms. The van der Waals surface area contributed by atoms with Crippen LogP contribution in [0.15, 0.2) is 35.5 Å². The van der Waals surface area contributed by atoms with Gasteiger partial charge >= 0.3 is 0 Å². The summed E-state index contributed by atoms with van der Waals surface area (Å²) in [5.74, 6) is 0.163. The molecule has 1 heterocycles. The van der Waals surface area contributed by atoms with E-state index in [-0.39, 0.29) is 16.8 Å². The standard InChI is InChI=1S/C16H24N4O3S/c1-3-4-11-23-13-14(2)10-12-24(21,22)16-17-18-19-20(16)15-8-6-5-7-9-15/h5-9,14H,3-4,10-13H2,1-2H3/t14-/m0/s1. The van der Waals surface area contributed by atoms with Crippen molar-refractivity contribution in [3.63, 3.8) is 0 Å². The predicted octanol–water partition coefficient (Wildman–Crippen LogP) is 2.28. The van der Waals surface area contributed by atoms with E-state index in [1.807, 2.05) is 25.1 Å². The normalized spacial score (nSPS) is 13.1. The molecule has 8 heteroatoms. The fraction of sp³-hybridized carbons (Fsp3) is 0.562. The Balaban J connectivity index is 1.98. The van der Waals surface area contributed by atoms with E-state index in [4.69, 9.17) is 4.74 Å². The van der Waals surface area contributed by atoms with Gasteiger partial charge in [0.05, 0.1) is 11.4 Å². The number of hydrogen-bond acceptors (Lipinski definition) is 6. The van der Waals surface area contributed by atoms with Crippen LogP contribution in [0.4, 0.5) is 0 Å². The molecule has 1 aromatic carbocycles. The van der Waals surface area contributed by atoms with Crippen molar-refractivity contribution in [2.24, 2.45) is 5.92 Å². The summed E-state index contributed by atoms with van der Waals surface area (Å²) >= 11 is 0. The Labute approximate surface area is 142 Å². The highest BCUT2D eigenvalue weighted by Gasteiger charge is 2.24. The number of tetrazole rings is 1. The molecule has 1 aromatic heterocycles. The van der Waals surface area contributed by atoms with E-state index < -0.39 is 9.84 Å². The summed E-state index contributed by atoms with van der Waals surface area (Å²) in [4.78, 5) is 0. The third kappa shape index (κ3) is 5.10. The SMILES string of the molecule is CCCCOC[C@@H](C)CCS(=O)(=O)c1nnnn1-c1ccccc1. The van der Waals surface area contributed by atoms with Crippen molar-refractivity contribution in [3.8, 4) is 5.69 Å². The summed E-state index contributed by atoms with van der Waals surface area (Å²) in [5, 5.41) is 10.9. The van der Waals surface area contributed by atoms with Crippen LogP contribution in [0.25, 0.3) is 5.69 Å². The molecule has 0 spiro atoms. The van der Waals surface area contributed by atoms with E-state index in [1.54, 1.807) is 12.1 Å². The average molecular weight is 352 g/mol. The Morgan fingerprint density at radius 1 is 1.25 bits per heavy atom. The van der Waals surface area contributed by atoms with Gasteiger partial charge in [-0.3, -0.25) is 0 Å². The van der Waals surface area contributed by atoms with Crippen molar-refractivity contribution in [1.29, 1.82) is 0 Å². The third-order valence-corrected chi connectivity index (χ3v) is 5.23. The highest BCUT2D eigenvalue weighted by atomic mass is 32.2. The summed E-state index contributed by atoms with van der Waals surface area (Å²) in [5.41, 5.74) is 0.622. The number of benzene rings is 1. The first-order chi connectivity index (χ1) is 11.5. The van der Waals surface area contributed by atoms with Crippen molar-refractivity contribution in [2.45, 2.75) is 38.3 Å². The number of hydrogen-bond donors (Lipinski definition) is 0. The molecule has 0 aliphatic heterocycles. The van der Waals surface area contributed by atoms with Gasteiger partial charge in [0.2, 0.25) is 9.84 Å². The van der Waals surface area contributed by atoms with Gasteiger partial charge in [-0.25, -0.2) is 8.42 Å². The van der Waals surface area contributed by atoms with Crippen LogP contribution in [0.5, 0.6) is 0 Å². The lowest BCUT2D eigenvalue weighted by atomic mass is 10.1. The van der Waals surface area contributed by atoms with Crippen molar-refractivity contribution in [2.75, 3.05) is 19.0 Å². The zero-order chi connectivity index (χ0) is 17.4. The van der Waals surface area contributed by atoms with Gasteiger partial charge in [0.15, 0.2) is 0 Å². The van der Waals surface area contributed by atoms with E-state index in [2.05, 4.69) is 22.4 Å². The van der Waals surface area contributed by atoms with E-state index in [1.165, 1.54) is 4.68 Å². The quantitative estimate of drug-likeness (QED) is 0.610. The first-order valence-corrected chi connectivity index (χ1v) is 9.84. The molecule has 0 saturated heterocycles. The van der Waals surface area contributed by atoms with Gasteiger partial charge in [0.25, 0.3) is 5.16 Å². The Bertz CT molecular complexity index is 716. The van der Waals surface area contributed by atoms with Crippen LogP contribution in [0.2, 0.25) is 0 Å². The maximum absolute atomic E-state index is 12.6. The van der Waals surface area contributed by atoms with Crippen LogP contribution in [-0.4, -0.2) is 47.6 Å². The first-order valence-electron chi connectivity index (χ1n) is 8.19. The molecule has 0 fully saturated rings. The molecule has 2 aromatic rings. The Kier molecular flexibility index (Phi) is 6.86. The van der Waals surface area contributed by atoms with Crippen molar-refractivity contribution in [3.05, 3.63) is 30.3 Å². The van der Waals surface area contributed by atoms with Gasteiger partial charge < -0.3 is 4.74 Å². The van der Waals surface area contributed by atoms with Crippen LogP contribution in [0.3, 0.4) is 0 Å². The summed E-state index contributed by atoms with van der Waals surface area (Å²) < 4.78 is 31.9. The molecule has 0 N–H and O–H groups in total. The van der Waals surface area contributed by atoms with E-state index >= 15 is 0 Å². The number of sulfone groups is 1. The fourth-order valence-electron chi connectivity index (χ4n) is 2.17. The zero-order valence-corrected chi connectivity index (χ0v) is 14.9. The van der Waals surface area contributed by atoms with Gasteiger partial charge in [0.1, 0.15) is 0 Å². The highest BCUT2D eigenvalue weighted by Crippen LogP contribution is 2.15. The van der Waals surface area contributed by atoms with Gasteiger partial charge in [0, 0.05) is 13.2 Å². The van der Waals surface area contributed by atoms with Crippen LogP contribution in [0.1, 0.15) is 33.1 Å². The van der Waals surface area contributed by atoms with Crippen LogP contribution >= 0.6 is 0 Å². The molecule has 0 aliphatic rings. The van der Waals surface area contributed by atoms with E-state index in [9.17, 15) is 8.42 Å². The lowest BCUT2D eigenvalue weighted by Gasteiger charge is -2.12. The van der Waals surface area contributed by atoms with Crippen LogP contribution < -0.4 is 0 Å². The van der Waals surface area contributed by atoms with Gasteiger partial charge in [-0.15, -0.1) is 0 Å². The van der Waals surface area contributed by atoms with Gasteiger partial charge in [-0.1, -0.05) is 43.6 Å². The maximum Gasteiger partial charge on any atom is 0.272 e. The van der Waals surface area contributed by atoms with E-state index in [0.717, 1.165) is 19.4 Å². The zero-order valence-electron chi connectivity index (χ0n) is 14.1. The van der Waals surface area contributed by atoms with Gasteiger partial charge in [-0.2, -0.15) is 4.68 Å². The average Bonchev–Trinajstić information content (AvgIpc) is 3.08. The number of aromatic nitrogens is 4. The first kappa shape index (κ1) is 18.5. The van der Waals surface area contributed by atoms with Gasteiger partial charge in [-0.05, 0) is 41.3 Å². The van der Waals surface area contributed by atoms with Crippen molar-refractivity contribution < 1.29 is 13.2 Å². The van der Waals surface area contributed by atoms with E-state index in [0.29, 0.717) is 18.7 Å². The molecule has 0 saturated carbocycles. The minimum absolute atomic E-state index is 0.00148. The van der Waals surface area contributed by atoms with Crippen LogP contribution in [-0.2, 0) is 14.6 Å². The molecule has 0 unspecified atom stereocenters. The maximum atomic E-state index is 12.6. The summed E-state index contributed by atoms with van der Waals surface area (Å²) in [6.45, 7) is 5.39. The fourth-order valence-corrected chi connectivity index (χ4v) is 3.63. The summed E-state index contributed by atoms with van der Waals surface area (Å²) in [7, 11) is -3.55.